The van der Waals surface area contributed by atoms with Crippen LogP contribution in [0.25, 0.3) is 0 Å². The van der Waals surface area contributed by atoms with Gasteiger partial charge in [-0.1, -0.05) is 6.42 Å². The van der Waals surface area contributed by atoms with Gasteiger partial charge in [-0.2, -0.15) is 0 Å². The van der Waals surface area contributed by atoms with E-state index in [2.05, 4.69) is 15.9 Å². The van der Waals surface area contributed by atoms with Crippen LogP contribution in [0.2, 0.25) is 0 Å². The van der Waals surface area contributed by atoms with E-state index in [4.69, 9.17) is 5.11 Å². The molecule has 19 heavy (non-hydrogen) atoms. The van der Waals surface area contributed by atoms with Gasteiger partial charge < -0.3 is 10.0 Å². The van der Waals surface area contributed by atoms with E-state index >= 15 is 0 Å². The Hall–Kier alpha value is -0.880. The molecule has 6 heteroatoms. The largest absolute Gasteiger partial charge is 0.481 e. The number of rotatable bonds is 4. The Bertz CT molecular complexity index is 488. The summed E-state index contributed by atoms with van der Waals surface area (Å²) in [5, 5.41) is 11.1. The van der Waals surface area contributed by atoms with Gasteiger partial charge in [0, 0.05) is 13.6 Å². The fourth-order valence-electron chi connectivity index (χ4n) is 2.61. The summed E-state index contributed by atoms with van der Waals surface area (Å²) >= 11 is 4.97. The number of hydrogen-bond acceptors (Lipinski definition) is 3. The van der Waals surface area contributed by atoms with Crippen LogP contribution >= 0.6 is 27.3 Å². The van der Waals surface area contributed by atoms with Crippen molar-refractivity contribution in [2.24, 2.45) is 11.8 Å². The molecule has 1 saturated carbocycles. The fraction of sp³-hybridized carbons (Fsp3) is 0.538. The number of hydrogen-bond donors (Lipinski definition) is 1. The van der Waals surface area contributed by atoms with Crippen LogP contribution in [-0.4, -0.2) is 28.9 Å². The highest BCUT2D eigenvalue weighted by Crippen LogP contribution is 2.33. The van der Waals surface area contributed by atoms with E-state index in [0.717, 1.165) is 15.8 Å². The minimum atomic E-state index is -0.845. The van der Waals surface area contributed by atoms with Gasteiger partial charge in [-0.05, 0) is 45.8 Å². The number of halogens is 1. The third kappa shape index (κ3) is 3.36. The van der Waals surface area contributed by atoms with E-state index in [9.17, 15) is 9.59 Å². The van der Waals surface area contributed by atoms with Crippen molar-refractivity contribution in [1.29, 1.82) is 0 Å². The molecule has 1 aliphatic rings. The lowest BCUT2D eigenvalue weighted by Gasteiger charge is -2.23. The van der Waals surface area contributed by atoms with Crippen molar-refractivity contribution in [1.82, 2.24) is 4.90 Å². The van der Waals surface area contributed by atoms with Crippen molar-refractivity contribution < 1.29 is 14.7 Å². The van der Waals surface area contributed by atoms with Gasteiger partial charge in [-0.25, -0.2) is 0 Å². The second-order valence-corrected chi connectivity index (χ2v) is 7.23. The minimum Gasteiger partial charge on any atom is -0.481 e. The van der Waals surface area contributed by atoms with Gasteiger partial charge in [0.05, 0.1) is 15.6 Å². The molecule has 0 aliphatic heterocycles. The fourth-order valence-corrected chi connectivity index (χ4v) is 3.82. The first-order valence-electron chi connectivity index (χ1n) is 6.19. The van der Waals surface area contributed by atoms with E-state index in [-0.39, 0.29) is 11.8 Å². The van der Waals surface area contributed by atoms with Gasteiger partial charge in [0.15, 0.2) is 0 Å². The van der Waals surface area contributed by atoms with E-state index in [1.165, 1.54) is 0 Å². The molecule has 0 radical (unpaired) electrons. The molecule has 1 amide bonds. The molecule has 2 rings (SSSR count). The summed E-state index contributed by atoms with van der Waals surface area (Å²) in [6.45, 7) is 0.532. The summed E-state index contributed by atoms with van der Waals surface area (Å²) in [5.74, 6) is -1.76. The van der Waals surface area contributed by atoms with Crippen molar-refractivity contribution in [2.45, 2.75) is 25.8 Å². The Labute approximate surface area is 124 Å². The summed E-state index contributed by atoms with van der Waals surface area (Å²) in [7, 11) is 1.74. The van der Waals surface area contributed by atoms with Crippen molar-refractivity contribution in [3.05, 3.63) is 20.8 Å². The Morgan fingerprint density at radius 3 is 2.74 bits per heavy atom. The smallest absolute Gasteiger partial charge is 0.307 e. The average molecular weight is 346 g/mol. The molecule has 2 unspecified atom stereocenters. The lowest BCUT2D eigenvalue weighted by Crippen LogP contribution is -2.36. The average Bonchev–Trinajstić information content (AvgIpc) is 2.97. The Morgan fingerprint density at radius 1 is 1.47 bits per heavy atom. The molecule has 1 heterocycles. The molecule has 1 aliphatic carbocycles. The maximum Gasteiger partial charge on any atom is 0.307 e. The standard InChI is InChI=1S/C13H16BrNO3S/c1-15(6-8-5-11(14)19-7-8)12(16)9-3-2-4-10(9)13(17)18/h5,7,9-10H,2-4,6H2,1H3,(H,17,18). The number of carbonyl (C=O) groups is 2. The zero-order valence-corrected chi connectivity index (χ0v) is 13.0. The van der Waals surface area contributed by atoms with E-state index in [1.54, 1.807) is 23.3 Å². The van der Waals surface area contributed by atoms with E-state index in [0.29, 0.717) is 19.4 Å². The van der Waals surface area contributed by atoms with Crippen LogP contribution in [0.5, 0.6) is 0 Å². The first-order valence-corrected chi connectivity index (χ1v) is 7.87. The second kappa shape index (κ2) is 6.05. The van der Waals surface area contributed by atoms with Crippen molar-refractivity contribution in [3.63, 3.8) is 0 Å². The van der Waals surface area contributed by atoms with Crippen molar-refractivity contribution in [3.8, 4) is 0 Å². The van der Waals surface area contributed by atoms with Crippen molar-refractivity contribution in [2.75, 3.05) is 7.05 Å². The van der Waals surface area contributed by atoms with Crippen LogP contribution in [0.3, 0.4) is 0 Å². The SMILES string of the molecule is CN(Cc1csc(Br)c1)C(=O)C1CCCC1C(=O)O. The highest BCUT2D eigenvalue weighted by Gasteiger charge is 2.38. The van der Waals surface area contributed by atoms with Gasteiger partial charge in [-0.15, -0.1) is 11.3 Å². The topological polar surface area (TPSA) is 57.6 Å². The number of nitrogens with zero attached hydrogens (tertiary/aromatic N) is 1. The molecule has 1 aromatic rings. The predicted molar refractivity (Wildman–Crippen MR) is 77.0 cm³/mol. The number of carboxylic acids is 1. The first kappa shape index (κ1) is 14.5. The highest BCUT2D eigenvalue weighted by atomic mass is 79.9. The zero-order valence-electron chi connectivity index (χ0n) is 10.6. The molecule has 1 fully saturated rings. The summed E-state index contributed by atoms with van der Waals surface area (Å²) in [6, 6.07) is 1.98. The van der Waals surface area contributed by atoms with Gasteiger partial charge >= 0.3 is 5.97 Å². The Balaban J connectivity index is 2.00. The third-order valence-electron chi connectivity index (χ3n) is 3.57. The normalized spacial score (nSPS) is 22.4. The molecule has 2 atom stereocenters. The molecule has 0 aromatic carbocycles. The minimum absolute atomic E-state index is 0.0489. The third-order valence-corrected chi connectivity index (χ3v) is 5.12. The zero-order chi connectivity index (χ0) is 14.0. The van der Waals surface area contributed by atoms with Crippen LogP contribution in [0.15, 0.2) is 15.2 Å². The van der Waals surface area contributed by atoms with E-state index in [1.807, 2.05) is 11.4 Å². The van der Waals surface area contributed by atoms with Crippen molar-refractivity contribution >= 4 is 39.1 Å². The quantitative estimate of drug-likeness (QED) is 0.912. The number of carbonyl (C=O) groups excluding carboxylic acids is 1. The van der Waals surface area contributed by atoms with Gasteiger partial charge in [0.25, 0.3) is 0 Å². The Morgan fingerprint density at radius 2 is 2.16 bits per heavy atom. The lowest BCUT2D eigenvalue weighted by atomic mass is 9.95. The highest BCUT2D eigenvalue weighted by molar-refractivity contribution is 9.11. The van der Waals surface area contributed by atoms with Gasteiger partial charge in [0.1, 0.15) is 0 Å². The molecule has 1 aromatic heterocycles. The van der Waals surface area contributed by atoms with Gasteiger partial charge in [0.2, 0.25) is 5.91 Å². The summed E-state index contributed by atoms with van der Waals surface area (Å²) in [6.07, 6.45) is 2.13. The molecule has 104 valence electrons. The number of carboxylic acid groups (broad SMARTS) is 1. The predicted octanol–water partition coefficient (Wildman–Crippen LogP) is 2.97. The van der Waals surface area contributed by atoms with Crippen LogP contribution in [0.1, 0.15) is 24.8 Å². The summed E-state index contributed by atoms with van der Waals surface area (Å²) in [5.41, 5.74) is 1.07. The van der Waals surface area contributed by atoms with Crippen LogP contribution in [0.4, 0.5) is 0 Å². The first-order chi connectivity index (χ1) is 8.99. The van der Waals surface area contributed by atoms with Crippen LogP contribution in [0, 0.1) is 11.8 Å². The number of thiophene rings is 1. The Kier molecular flexibility index (Phi) is 4.62. The lowest BCUT2D eigenvalue weighted by molar-refractivity contribution is -0.148. The molecule has 1 N–H and O–H groups in total. The molecule has 0 saturated heterocycles. The molecular weight excluding hydrogens is 330 g/mol. The van der Waals surface area contributed by atoms with Gasteiger partial charge in [-0.3, -0.25) is 9.59 Å². The number of amides is 1. The maximum absolute atomic E-state index is 12.3. The second-order valence-electron chi connectivity index (χ2n) is 4.94. The van der Waals surface area contributed by atoms with Crippen LogP contribution in [-0.2, 0) is 16.1 Å². The molecule has 0 bridgehead atoms. The van der Waals surface area contributed by atoms with E-state index < -0.39 is 11.9 Å². The van der Waals surface area contributed by atoms with Crippen LogP contribution < -0.4 is 0 Å². The molecular formula is C13H16BrNO3S. The maximum atomic E-state index is 12.3. The molecule has 0 spiro atoms. The molecule has 4 nitrogen and oxygen atoms in total. The summed E-state index contributed by atoms with van der Waals surface area (Å²) < 4.78 is 1.03. The number of aliphatic carboxylic acids is 1. The summed E-state index contributed by atoms with van der Waals surface area (Å²) in [4.78, 5) is 25.1. The monoisotopic (exact) mass is 345 g/mol.